The normalized spacial score (nSPS) is 28.7. The molecule has 0 aromatic carbocycles. The first-order chi connectivity index (χ1) is 6.83. The Morgan fingerprint density at radius 1 is 1.29 bits per heavy atom. The van der Waals surface area contributed by atoms with Crippen LogP contribution in [0, 0.1) is 5.92 Å². The maximum atomic E-state index is 9.63. The summed E-state index contributed by atoms with van der Waals surface area (Å²) in [5.74, 6) is 0.743. The highest BCUT2D eigenvalue weighted by Gasteiger charge is 2.17. The van der Waals surface area contributed by atoms with Crippen molar-refractivity contribution in [2.75, 3.05) is 13.2 Å². The predicted octanol–water partition coefficient (Wildman–Crippen LogP) is 2.74. The minimum absolute atomic E-state index is 0.0328. The number of hydrogen-bond acceptors (Lipinski definition) is 2. The van der Waals surface area contributed by atoms with Crippen LogP contribution in [0.1, 0.15) is 51.9 Å². The molecular weight excluding hydrogens is 176 g/mol. The second-order valence-electron chi connectivity index (χ2n) is 4.38. The maximum absolute atomic E-state index is 9.63. The van der Waals surface area contributed by atoms with E-state index in [9.17, 15) is 5.11 Å². The SMILES string of the molecule is CCOCCCC1CCCCC(O)C1. The molecule has 1 saturated carbocycles. The molecule has 0 aromatic rings. The Hall–Kier alpha value is -0.0800. The molecule has 2 atom stereocenters. The summed E-state index contributed by atoms with van der Waals surface area (Å²) in [7, 11) is 0. The van der Waals surface area contributed by atoms with Crippen molar-refractivity contribution in [1.29, 1.82) is 0 Å². The molecule has 0 spiro atoms. The van der Waals surface area contributed by atoms with Crippen LogP contribution in [0.2, 0.25) is 0 Å². The van der Waals surface area contributed by atoms with Crippen LogP contribution in [-0.2, 0) is 4.74 Å². The van der Waals surface area contributed by atoms with Crippen LogP contribution in [0.3, 0.4) is 0 Å². The molecule has 1 fully saturated rings. The van der Waals surface area contributed by atoms with E-state index in [1.54, 1.807) is 0 Å². The van der Waals surface area contributed by atoms with Gasteiger partial charge in [-0.3, -0.25) is 0 Å². The molecule has 2 heteroatoms. The summed E-state index contributed by atoms with van der Waals surface area (Å²) >= 11 is 0. The van der Waals surface area contributed by atoms with E-state index in [0.29, 0.717) is 0 Å². The van der Waals surface area contributed by atoms with Crippen molar-refractivity contribution in [3.8, 4) is 0 Å². The first kappa shape index (κ1) is 12.0. The van der Waals surface area contributed by atoms with Crippen LogP contribution in [0.15, 0.2) is 0 Å². The smallest absolute Gasteiger partial charge is 0.0542 e. The van der Waals surface area contributed by atoms with Gasteiger partial charge in [-0.2, -0.15) is 0 Å². The van der Waals surface area contributed by atoms with Gasteiger partial charge in [-0.25, -0.2) is 0 Å². The first-order valence-corrected chi connectivity index (χ1v) is 6.08. The molecule has 1 aliphatic rings. The van der Waals surface area contributed by atoms with Gasteiger partial charge in [0.2, 0.25) is 0 Å². The standard InChI is InChI=1S/C12H24O2/c1-2-14-9-5-7-11-6-3-4-8-12(13)10-11/h11-13H,2-10H2,1H3. The Bertz CT molecular complexity index is 136. The fraction of sp³-hybridized carbons (Fsp3) is 1.00. The van der Waals surface area contributed by atoms with E-state index in [1.165, 1.54) is 25.7 Å². The zero-order valence-corrected chi connectivity index (χ0v) is 9.37. The lowest BCUT2D eigenvalue weighted by atomic mass is 9.94. The van der Waals surface area contributed by atoms with Gasteiger partial charge in [0.25, 0.3) is 0 Å². The first-order valence-electron chi connectivity index (χ1n) is 6.08. The van der Waals surface area contributed by atoms with Crippen LogP contribution in [0.5, 0.6) is 0 Å². The van der Waals surface area contributed by atoms with Gasteiger partial charge in [0, 0.05) is 13.2 Å². The summed E-state index contributed by atoms with van der Waals surface area (Å²) in [6, 6.07) is 0. The molecule has 0 aliphatic heterocycles. The van der Waals surface area contributed by atoms with Gasteiger partial charge in [-0.15, -0.1) is 0 Å². The number of aliphatic hydroxyl groups is 1. The number of hydrogen-bond donors (Lipinski definition) is 1. The molecule has 1 aliphatic carbocycles. The summed E-state index contributed by atoms with van der Waals surface area (Å²) in [6.45, 7) is 3.76. The van der Waals surface area contributed by atoms with E-state index in [-0.39, 0.29) is 6.10 Å². The topological polar surface area (TPSA) is 29.5 Å². The molecule has 0 bridgehead atoms. The van der Waals surface area contributed by atoms with Crippen LogP contribution in [0.4, 0.5) is 0 Å². The van der Waals surface area contributed by atoms with E-state index >= 15 is 0 Å². The Kier molecular flexibility index (Phi) is 6.20. The molecule has 0 saturated heterocycles. The molecule has 0 aromatic heterocycles. The van der Waals surface area contributed by atoms with Crippen molar-refractivity contribution < 1.29 is 9.84 Å². The molecule has 2 unspecified atom stereocenters. The van der Waals surface area contributed by atoms with Crippen molar-refractivity contribution in [3.63, 3.8) is 0 Å². The van der Waals surface area contributed by atoms with Crippen LogP contribution >= 0.6 is 0 Å². The minimum atomic E-state index is -0.0328. The predicted molar refractivity (Wildman–Crippen MR) is 58.3 cm³/mol. The van der Waals surface area contributed by atoms with Crippen LogP contribution in [0.25, 0.3) is 0 Å². The number of ether oxygens (including phenoxy) is 1. The lowest BCUT2D eigenvalue weighted by Gasteiger charge is -2.15. The van der Waals surface area contributed by atoms with Gasteiger partial charge >= 0.3 is 0 Å². The zero-order valence-electron chi connectivity index (χ0n) is 9.37. The number of aliphatic hydroxyl groups excluding tert-OH is 1. The summed E-state index contributed by atoms with van der Waals surface area (Å²) in [6.07, 6.45) is 8.22. The van der Waals surface area contributed by atoms with Crippen molar-refractivity contribution >= 4 is 0 Å². The minimum Gasteiger partial charge on any atom is -0.393 e. The fourth-order valence-corrected chi connectivity index (χ4v) is 2.31. The second kappa shape index (κ2) is 7.24. The van der Waals surface area contributed by atoms with Crippen LogP contribution < -0.4 is 0 Å². The zero-order chi connectivity index (χ0) is 10.2. The van der Waals surface area contributed by atoms with E-state index < -0.39 is 0 Å². The summed E-state index contributed by atoms with van der Waals surface area (Å²) in [5.41, 5.74) is 0. The van der Waals surface area contributed by atoms with Crippen molar-refractivity contribution in [2.45, 2.75) is 58.0 Å². The lowest BCUT2D eigenvalue weighted by molar-refractivity contribution is 0.122. The van der Waals surface area contributed by atoms with Gasteiger partial charge in [0.1, 0.15) is 0 Å². The summed E-state index contributed by atoms with van der Waals surface area (Å²) in [4.78, 5) is 0. The highest BCUT2D eigenvalue weighted by molar-refractivity contribution is 4.70. The molecule has 84 valence electrons. The molecule has 1 rings (SSSR count). The lowest BCUT2D eigenvalue weighted by Crippen LogP contribution is -2.11. The second-order valence-corrected chi connectivity index (χ2v) is 4.38. The van der Waals surface area contributed by atoms with E-state index in [2.05, 4.69) is 0 Å². The maximum Gasteiger partial charge on any atom is 0.0542 e. The third-order valence-corrected chi connectivity index (χ3v) is 3.11. The van der Waals surface area contributed by atoms with E-state index in [0.717, 1.165) is 38.4 Å². The Labute approximate surface area is 87.7 Å². The molecule has 2 nitrogen and oxygen atoms in total. The molecule has 1 N–H and O–H groups in total. The average Bonchev–Trinajstić information content (AvgIpc) is 2.38. The molecular formula is C12H24O2. The third kappa shape index (κ3) is 4.97. The Balaban J connectivity index is 2.09. The fourth-order valence-electron chi connectivity index (χ4n) is 2.31. The van der Waals surface area contributed by atoms with E-state index in [1.807, 2.05) is 6.92 Å². The van der Waals surface area contributed by atoms with E-state index in [4.69, 9.17) is 4.74 Å². The van der Waals surface area contributed by atoms with Crippen molar-refractivity contribution in [2.24, 2.45) is 5.92 Å². The Morgan fingerprint density at radius 2 is 2.07 bits per heavy atom. The van der Waals surface area contributed by atoms with Crippen LogP contribution in [-0.4, -0.2) is 24.4 Å². The van der Waals surface area contributed by atoms with Gasteiger partial charge in [0.05, 0.1) is 6.10 Å². The highest BCUT2D eigenvalue weighted by Crippen LogP contribution is 2.26. The quantitative estimate of drug-likeness (QED) is 0.546. The van der Waals surface area contributed by atoms with Gasteiger partial charge in [0.15, 0.2) is 0 Å². The van der Waals surface area contributed by atoms with Gasteiger partial charge < -0.3 is 9.84 Å². The van der Waals surface area contributed by atoms with Crippen molar-refractivity contribution in [1.82, 2.24) is 0 Å². The van der Waals surface area contributed by atoms with Gasteiger partial charge in [-0.05, 0) is 38.5 Å². The summed E-state index contributed by atoms with van der Waals surface area (Å²) < 4.78 is 5.32. The number of rotatable bonds is 5. The average molecular weight is 200 g/mol. The van der Waals surface area contributed by atoms with Gasteiger partial charge in [-0.1, -0.05) is 19.3 Å². The third-order valence-electron chi connectivity index (χ3n) is 3.11. The Morgan fingerprint density at radius 3 is 2.86 bits per heavy atom. The summed E-state index contributed by atoms with van der Waals surface area (Å²) in [5, 5.41) is 9.63. The monoisotopic (exact) mass is 200 g/mol. The molecule has 0 amide bonds. The molecule has 14 heavy (non-hydrogen) atoms. The largest absolute Gasteiger partial charge is 0.393 e. The highest BCUT2D eigenvalue weighted by atomic mass is 16.5. The van der Waals surface area contributed by atoms with Crippen molar-refractivity contribution in [3.05, 3.63) is 0 Å². The molecule has 0 heterocycles. The molecule has 0 radical (unpaired) electrons.